The van der Waals surface area contributed by atoms with Gasteiger partial charge in [0.25, 0.3) is 5.85 Å². The van der Waals surface area contributed by atoms with Gasteiger partial charge in [0.1, 0.15) is 18.5 Å². The van der Waals surface area contributed by atoms with E-state index in [1.807, 2.05) is 0 Å². The third-order valence-corrected chi connectivity index (χ3v) is 3.43. The van der Waals surface area contributed by atoms with E-state index in [4.69, 9.17) is 10.8 Å². The molecule has 21 heavy (non-hydrogen) atoms. The maximum absolute atomic E-state index is 14.1. The van der Waals surface area contributed by atoms with Gasteiger partial charge in [-0.25, -0.2) is 22.7 Å². The molecule has 3 atom stereocenters. The van der Waals surface area contributed by atoms with Crippen LogP contribution < -0.4 is 5.73 Å². The van der Waals surface area contributed by atoms with Crippen LogP contribution in [0.1, 0.15) is 11.8 Å². The maximum atomic E-state index is 14.1. The van der Waals surface area contributed by atoms with E-state index in [-0.39, 0.29) is 17.0 Å². The van der Waals surface area contributed by atoms with E-state index >= 15 is 0 Å². The first-order valence-corrected chi connectivity index (χ1v) is 5.93. The lowest BCUT2D eigenvalue weighted by Gasteiger charge is -2.20. The quantitative estimate of drug-likeness (QED) is 0.723. The predicted molar refractivity (Wildman–Crippen MR) is 63.1 cm³/mol. The summed E-state index contributed by atoms with van der Waals surface area (Å²) in [6, 6.07) is 2.59. The Hall–Kier alpha value is -1.91. The highest BCUT2D eigenvalue weighted by Crippen LogP contribution is 2.50. The molecule has 0 saturated carbocycles. The Labute approximate surface area is 115 Å². The van der Waals surface area contributed by atoms with E-state index in [1.54, 1.807) is 0 Å². The number of ether oxygens (including phenoxy) is 1. The summed E-state index contributed by atoms with van der Waals surface area (Å²) in [7, 11) is 0. The van der Waals surface area contributed by atoms with Gasteiger partial charge >= 0.3 is 5.92 Å². The minimum atomic E-state index is -3.95. The van der Waals surface area contributed by atoms with Crippen LogP contribution in [0.3, 0.4) is 0 Å². The predicted octanol–water partition coefficient (Wildman–Crippen LogP) is 0.0371. The second-order valence-corrected chi connectivity index (χ2v) is 4.72. The van der Waals surface area contributed by atoms with Crippen LogP contribution in [0.5, 0.6) is 0 Å². The van der Waals surface area contributed by atoms with Gasteiger partial charge in [0, 0.05) is 0 Å². The van der Waals surface area contributed by atoms with Crippen LogP contribution in [0.25, 0.3) is 5.52 Å². The average molecular weight is 304 g/mol. The number of nitrogens with zero attached hydrogens (tertiary/aromatic N) is 3. The Bertz CT molecular complexity index is 694. The number of anilines is 1. The largest absolute Gasteiger partial charge is 0.390 e. The number of aromatic nitrogens is 3. The molecule has 0 bridgehead atoms. The van der Waals surface area contributed by atoms with Gasteiger partial charge in [0.05, 0.1) is 5.69 Å². The number of nitrogen functional groups attached to an aromatic ring is 1. The normalized spacial score (nSPS) is 31.9. The van der Waals surface area contributed by atoms with Crippen molar-refractivity contribution in [3.05, 3.63) is 24.2 Å². The van der Waals surface area contributed by atoms with Crippen molar-refractivity contribution in [3.63, 3.8) is 0 Å². The van der Waals surface area contributed by atoms with Crippen molar-refractivity contribution in [2.24, 2.45) is 0 Å². The molecule has 2 aromatic heterocycles. The average Bonchev–Trinajstić information content (AvgIpc) is 2.94. The van der Waals surface area contributed by atoms with E-state index in [2.05, 4.69) is 14.8 Å². The highest BCUT2D eigenvalue weighted by Gasteiger charge is 2.67. The number of fused-ring (bicyclic) bond motifs is 1. The van der Waals surface area contributed by atoms with E-state index in [1.165, 1.54) is 12.1 Å². The summed E-state index contributed by atoms with van der Waals surface area (Å²) in [6.45, 7) is -1.40. The lowest BCUT2D eigenvalue weighted by Crippen LogP contribution is -2.45. The van der Waals surface area contributed by atoms with Crippen molar-refractivity contribution in [3.8, 4) is 0 Å². The molecule has 1 aliphatic rings. The first kappa shape index (κ1) is 14.0. The molecule has 114 valence electrons. The molecular formula is C11H11F3N4O3. The molecule has 1 saturated heterocycles. The Morgan fingerprint density at radius 3 is 2.71 bits per heavy atom. The van der Waals surface area contributed by atoms with Gasteiger partial charge in [-0.3, -0.25) is 0 Å². The van der Waals surface area contributed by atoms with E-state index in [9.17, 15) is 18.3 Å². The van der Waals surface area contributed by atoms with Gasteiger partial charge in [-0.1, -0.05) is 0 Å². The van der Waals surface area contributed by atoms with Crippen LogP contribution in [0, 0.1) is 0 Å². The third-order valence-electron chi connectivity index (χ3n) is 3.43. The fraction of sp³-hybridized carbons (Fsp3) is 0.455. The molecule has 0 aromatic carbocycles. The van der Waals surface area contributed by atoms with Crippen LogP contribution in [0.2, 0.25) is 0 Å². The molecule has 10 heteroatoms. The number of aliphatic hydroxyl groups excluding tert-OH is 2. The highest BCUT2D eigenvalue weighted by molar-refractivity contribution is 5.65. The van der Waals surface area contributed by atoms with Gasteiger partial charge in [0.15, 0.2) is 18.0 Å². The van der Waals surface area contributed by atoms with Crippen molar-refractivity contribution in [1.29, 1.82) is 0 Å². The highest BCUT2D eigenvalue weighted by atomic mass is 19.3. The Kier molecular flexibility index (Phi) is 2.87. The molecule has 1 fully saturated rings. The summed E-state index contributed by atoms with van der Waals surface area (Å²) in [5.74, 6) is -7.16. The van der Waals surface area contributed by atoms with Crippen LogP contribution in [-0.2, 0) is 4.74 Å². The summed E-state index contributed by atoms with van der Waals surface area (Å²) in [6.07, 6.45) is -3.88. The van der Waals surface area contributed by atoms with Crippen LogP contribution in [0.15, 0.2) is 18.5 Å². The summed E-state index contributed by atoms with van der Waals surface area (Å²) >= 11 is 0. The van der Waals surface area contributed by atoms with Crippen molar-refractivity contribution < 1.29 is 28.1 Å². The Balaban J connectivity index is 2.13. The van der Waals surface area contributed by atoms with Crippen LogP contribution in [0.4, 0.5) is 19.0 Å². The summed E-state index contributed by atoms with van der Waals surface area (Å²) in [5, 5.41) is 22.0. The Morgan fingerprint density at radius 2 is 2.10 bits per heavy atom. The zero-order chi connectivity index (χ0) is 15.4. The summed E-state index contributed by atoms with van der Waals surface area (Å²) < 4.78 is 47.7. The van der Waals surface area contributed by atoms with Gasteiger partial charge < -0.3 is 20.7 Å². The molecule has 0 amide bonds. The SMILES string of the molecule is Nc1ncnn2c([C@@H]3O[C@](F)(CO)[C@@H](O)C3(F)F)ccc12. The molecular weight excluding hydrogens is 293 g/mol. The smallest absolute Gasteiger partial charge is 0.310 e. The lowest BCUT2D eigenvalue weighted by molar-refractivity contribution is -0.198. The van der Waals surface area contributed by atoms with Crippen molar-refractivity contribution >= 4 is 11.3 Å². The lowest BCUT2D eigenvalue weighted by atomic mass is 10.0. The number of rotatable bonds is 2. The molecule has 0 aliphatic carbocycles. The number of halogens is 3. The minimum absolute atomic E-state index is 0.0479. The number of hydrogen-bond acceptors (Lipinski definition) is 6. The van der Waals surface area contributed by atoms with Crippen LogP contribution in [-0.4, -0.2) is 49.3 Å². The second kappa shape index (κ2) is 4.29. The standard InChI is InChI=1S/C11H11F3N4O3/c12-10(3-19)9(20)11(13,14)7(21-10)5-1-2-6-8(15)16-4-17-18(5)6/h1-2,4,7,9,19-20H,3H2,(H2,15,16,17)/t7-,9+,10+/m0/s1. The van der Waals surface area contributed by atoms with Gasteiger partial charge in [-0.15, -0.1) is 0 Å². The fourth-order valence-corrected chi connectivity index (χ4v) is 2.32. The van der Waals surface area contributed by atoms with E-state index in [0.29, 0.717) is 0 Å². The molecule has 2 aromatic rings. The molecule has 1 aliphatic heterocycles. The number of aliphatic hydroxyl groups is 2. The van der Waals surface area contributed by atoms with Gasteiger partial charge in [-0.2, -0.15) is 5.10 Å². The number of alkyl halides is 3. The molecule has 3 heterocycles. The van der Waals surface area contributed by atoms with Gasteiger partial charge in [-0.05, 0) is 12.1 Å². The third kappa shape index (κ3) is 1.79. The molecule has 7 nitrogen and oxygen atoms in total. The zero-order valence-electron chi connectivity index (χ0n) is 10.4. The number of nitrogens with two attached hydrogens (primary N) is 1. The van der Waals surface area contributed by atoms with Gasteiger partial charge in [0.2, 0.25) is 0 Å². The molecule has 0 radical (unpaired) electrons. The molecule has 4 N–H and O–H groups in total. The van der Waals surface area contributed by atoms with Crippen molar-refractivity contribution in [2.45, 2.75) is 24.0 Å². The minimum Gasteiger partial charge on any atom is -0.390 e. The summed E-state index contributed by atoms with van der Waals surface area (Å²) in [4.78, 5) is 3.70. The fourth-order valence-electron chi connectivity index (χ4n) is 2.32. The monoisotopic (exact) mass is 304 g/mol. The first-order chi connectivity index (χ1) is 9.81. The van der Waals surface area contributed by atoms with E-state index in [0.717, 1.165) is 10.8 Å². The van der Waals surface area contributed by atoms with Crippen LogP contribution >= 0.6 is 0 Å². The first-order valence-electron chi connectivity index (χ1n) is 5.93. The molecule has 0 spiro atoms. The molecule has 0 unspecified atom stereocenters. The second-order valence-electron chi connectivity index (χ2n) is 4.72. The number of hydrogen-bond donors (Lipinski definition) is 3. The maximum Gasteiger partial charge on any atom is 0.310 e. The summed E-state index contributed by atoms with van der Waals surface area (Å²) in [5.41, 5.74) is 5.60. The van der Waals surface area contributed by atoms with E-state index < -0.39 is 30.6 Å². The Morgan fingerprint density at radius 1 is 1.38 bits per heavy atom. The van der Waals surface area contributed by atoms with Crippen molar-refractivity contribution in [2.75, 3.05) is 12.3 Å². The molecule has 3 rings (SSSR count). The zero-order valence-corrected chi connectivity index (χ0v) is 10.4. The van der Waals surface area contributed by atoms with Crippen molar-refractivity contribution in [1.82, 2.24) is 14.6 Å². The topological polar surface area (TPSA) is 106 Å².